The Hall–Kier alpha value is -2.81. The summed E-state index contributed by atoms with van der Waals surface area (Å²) < 4.78 is 16.7. The van der Waals surface area contributed by atoms with E-state index in [2.05, 4.69) is 57.2 Å². The Kier molecular flexibility index (Phi) is 9.89. The number of aryl methyl sites for hydroxylation is 1. The number of fused-ring (bicyclic) bond motifs is 1. The van der Waals surface area contributed by atoms with Crippen LogP contribution < -0.4 is 0 Å². The Morgan fingerprint density at radius 1 is 1.07 bits per heavy atom. The fourth-order valence-electron chi connectivity index (χ4n) is 7.04. The maximum atomic E-state index is 14.6. The maximum absolute atomic E-state index is 14.6. The monoisotopic (exact) mass is 590 g/mol. The Labute approximate surface area is 257 Å². The van der Waals surface area contributed by atoms with Gasteiger partial charge in [-0.2, -0.15) is 0 Å². The van der Waals surface area contributed by atoms with Gasteiger partial charge in [0.2, 0.25) is 0 Å². The maximum Gasteiger partial charge on any atom is 0.254 e. The molecule has 2 saturated heterocycles. The Morgan fingerprint density at radius 2 is 1.79 bits per heavy atom. The number of carbonyl (C=O) groups excluding carboxylic acids is 1. The fourth-order valence-corrected chi connectivity index (χ4v) is 7.04. The van der Waals surface area contributed by atoms with Crippen molar-refractivity contribution in [1.82, 2.24) is 29.0 Å². The number of hydrogen-bond acceptors (Lipinski definition) is 5. The van der Waals surface area contributed by atoms with Crippen molar-refractivity contribution in [3.05, 3.63) is 59.4 Å². The molecule has 0 saturated carbocycles. The zero-order valence-electron chi connectivity index (χ0n) is 27.3. The zero-order valence-corrected chi connectivity index (χ0v) is 27.3. The summed E-state index contributed by atoms with van der Waals surface area (Å²) >= 11 is 0. The lowest BCUT2D eigenvalue weighted by Gasteiger charge is -2.46. The molecule has 1 atom stereocenters. The van der Waals surface area contributed by atoms with E-state index in [1.807, 2.05) is 33.9 Å². The predicted molar refractivity (Wildman–Crippen MR) is 173 cm³/mol. The normalized spacial score (nSPS) is 18.1. The molecule has 0 radical (unpaired) electrons. The molecule has 1 aromatic carbocycles. The number of aromatic nitrogens is 2. The minimum atomic E-state index is -0.397. The van der Waals surface area contributed by atoms with E-state index in [0.29, 0.717) is 30.0 Å². The summed E-state index contributed by atoms with van der Waals surface area (Å²) in [5.41, 5.74) is 4.29. The second-order valence-electron chi connectivity index (χ2n) is 13.4. The van der Waals surface area contributed by atoms with E-state index < -0.39 is 5.82 Å². The first-order valence-electron chi connectivity index (χ1n) is 16.3. The lowest BCUT2D eigenvalue weighted by Crippen LogP contribution is -2.52. The van der Waals surface area contributed by atoms with Crippen molar-refractivity contribution in [2.24, 2.45) is 5.92 Å². The summed E-state index contributed by atoms with van der Waals surface area (Å²) in [5, 5.41) is 0. The van der Waals surface area contributed by atoms with Gasteiger partial charge in [0.1, 0.15) is 11.6 Å². The number of piperazine rings is 1. The second-order valence-corrected chi connectivity index (χ2v) is 13.4. The van der Waals surface area contributed by atoms with Gasteiger partial charge in [-0.25, -0.2) is 9.37 Å². The first-order chi connectivity index (χ1) is 20.6. The molecule has 43 heavy (non-hydrogen) atoms. The van der Waals surface area contributed by atoms with E-state index in [9.17, 15) is 9.18 Å². The molecule has 2 aliphatic rings. The first kappa shape index (κ1) is 31.6. The lowest BCUT2D eigenvalue weighted by atomic mass is 9.85. The van der Waals surface area contributed by atoms with Gasteiger partial charge in [0, 0.05) is 75.6 Å². The summed E-state index contributed by atoms with van der Waals surface area (Å²) in [6.07, 6.45) is 6.56. The third-order valence-electron chi connectivity index (χ3n) is 9.76. The van der Waals surface area contributed by atoms with Crippen molar-refractivity contribution in [1.29, 1.82) is 0 Å². The summed E-state index contributed by atoms with van der Waals surface area (Å²) in [4.78, 5) is 27.8. The number of rotatable bonds is 11. The van der Waals surface area contributed by atoms with Crippen molar-refractivity contribution in [2.45, 2.75) is 72.4 Å². The van der Waals surface area contributed by atoms with Crippen molar-refractivity contribution in [2.75, 3.05) is 59.4 Å². The molecular formula is C35H51FN6O. The number of carbonyl (C=O) groups is 1. The van der Waals surface area contributed by atoms with Gasteiger partial charge in [-0.1, -0.05) is 19.9 Å². The molecular weight excluding hydrogens is 539 g/mol. The summed E-state index contributed by atoms with van der Waals surface area (Å²) in [6.45, 7) is 21.2. The SMILES string of the molecule is CCN(C(=O)c1cc(F)ccc1-c1cc(C2CN([C@H](CCCN3CCN(C)CC3)C(C)C)C2)cn2c(C)ncc12)C(C)C. The Morgan fingerprint density at radius 3 is 2.44 bits per heavy atom. The molecule has 2 aliphatic heterocycles. The molecule has 3 aromatic rings. The van der Waals surface area contributed by atoms with Gasteiger partial charge < -0.3 is 19.1 Å². The van der Waals surface area contributed by atoms with Gasteiger partial charge in [-0.3, -0.25) is 9.69 Å². The van der Waals surface area contributed by atoms with Crippen LogP contribution in [0.4, 0.5) is 4.39 Å². The topological polar surface area (TPSA) is 47.3 Å². The average molecular weight is 591 g/mol. The standard InChI is InChI=1S/C35H51FN6O/c1-8-41(25(4)5)35(43)32-19-29(36)11-12-30(32)31-18-27(23-42-26(6)37-20-34(31)42)28-21-40(22-28)33(24(2)3)10-9-13-39-16-14-38(7)15-17-39/h11-12,18-20,23-25,28,33H,8-10,13-17,21-22H2,1-7H3/t33-/m1/s1. The van der Waals surface area contributed by atoms with Gasteiger partial charge in [0.05, 0.1) is 17.3 Å². The molecule has 234 valence electrons. The number of likely N-dealkylation sites (tertiary alicyclic amines) is 1. The van der Waals surface area contributed by atoms with Crippen molar-refractivity contribution in [3.63, 3.8) is 0 Å². The molecule has 4 heterocycles. The minimum absolute atomic E-state index is 0.0219. The van der Waals surface area contributed by atoms with Crippen LogP contribution in [0.1, 0.15) is 75.1 Å². The summed E-state index contributed by atoms with van der Waals surface area (Å²) in [5.74, 6) is 1.39. The van der Waals surface area contributed by atoms with Crippen LogP contribution in [0, 0.1) is 18.7 Å². The minimum Gasteiger partial charge on any atom is -0.336 e. The molecule has 2 fully saturated rings. The number of nitrogens with zero attached hydrogens (tertiary/aromatic N) is 6. The fraction of sp³-hybridized carbons (Fsp3) is 0.600. The number of hydrogen-bond donors (Lipinski definition) is 0. The Balaban J connectivity index is 1.37. The molecule has 0 aliphatic carbocycles. The molecule has 1 amide bonds. The number of likely N-dealkylation sites (N-methyl/N-ethyl adjacent to an activating group) is 1. The van der Waals surface area contributed by atoms with E-state index >= 15 is 0 Å². The summed E-state index contributed by atoms with van der Waals surface area (Å²) in [6, 6.07) is 7.46. The third kappa shape index (κ3) is 6.81. The number of benzene rings is 1. The van der Waals surface area contributed by atoms with E-state index in [-0.39, 0.29) is 11.9 Å². The molecule has 0 N–H and O–H groups in total. The Bertz CT molecular complexity index is 1400. The average Bonchev–Trinajstić information content (AvgIpc) is 3.32. The van der Waals surface area contributed by atoms with Crippen molar-refractivity contribution in [3.8, 4) is 11.1 Å². The number of imidazole rings is 1. The highest BCUT2D eigenvalue weighted by atomic mass is 19.1. The van der Waals surface area contributed by atoms with E-state index in [0.717, 1.165) is 35.6 Å². The highest BCUT2D eigenvalue weighted by molar-refractivity contribution is 6.03. The molecule has 0 unspecified atom stereocenters. The van der Waals surface area contributed by atoms with Crippen molar-refractivity contribution < 1.29 is 9.18 Å². The van der Waals surface area contributed by atoms with Crippen LogP contribution in [0.25, 0.3) is 16.6 Å². The van der Waals surface area contributed by atoms with Gasteiger partial charge in [-0.05, 0) is 89.4 Å². The highest BCUT2D eigenvalue weighted by Gasteiger charge is 2.35. The van der Waals surface area contributed by atoms with Crippen LogP contribution in [-0.2, 0) is 0 Å². The van der Waals surface area contributed by atoms with Crippen LogP contribution >= 0.6 is 0 Å². The van der Waals surface area contributed by atoms with E-state index in [1.54, 1.807) is 11.0 Å². The third-order valence-corrected chi connectivity index (χ3v) is 9.76. The molecule has 0 bridgehead atoms. The molecule has 8 heteroatoms. The molecule has 0 spiro atoms. The quantitative estimate of drug-likeness (QED) is 0.284. The smallest absolute Gasteiger partial charge is 0.254 e. The summed E-state index contributed by atoms with van der Waals surface area (Å²) in [7, 11) is 2.21. The number of pyridine rings is 1. The number of halogens is 1. The molecule has 2 aromatic heterocycles. The largest absolute Gasteiger partial charge is 0.336 e. The van der Waals surface area contributed by atoms with Crippen LogP contribution in [0.5, 0.6) is 0 Å². The first-order valence-corrected chi connectivity index (χ1v) is 16.3. The van der Waals surface area contributed by atoms with E-state index in [4.69, 9.17) is 0 Å². The van der Waals surface area contributed by atoms with Gasteiger partial charge in [0.25, 0.3) is 5.91 Å². The predicted octanol–water partition coefficient (Wildman–Crippen LogP) is 5.77. The van der Waals surface area contributed by atoms with Crippen LogP contribution in [0.2, 0.25) is 0 Å². The zero-order chi connectivity index (χ0) is 30.8. The van der Waals surface area contributed by atoms with Gasteiger partial charge >= 0.3 is 0 Å². The number of amides is 1. The van der Waals surface area contributed by atoms with Gasteiger partial charge in [0.15, 0.2) is 0 Å². The lowest BCUT2D eigenvalue weighted by molar-refractivity contribution is 0.0553. The van der Waals surface area contributed by atoms with Gasteiger partial charge in [-0.15, -0.1) is 0 Å². The second kappa shape index (κ2) is 13.4. The highest BCUT2D eigenvalue weighted by Crippen LogP contribution is 2.37. The van der Waals surface area contributed by atoms with Crippen LogP contribution in [-0.4, -0.2) is 106 Å². The van der Waals surface area contributed by atoms with Crippen LogP contribution in [0.3, 0.4) is 0 Å². The van der Waals surface area contributed by atoms with Crippen LogP contribution in [0.15, 0.2) is 36.7 Å². The molecule has 5 rings (SSSR count). The molecule has 7 nitrogen and oxygen atoms in total. The van der Waals surface area contributed by atoms with Crippen molar-refractivity contribution >= 4 is 11.4 Å². The van der Waals surface area contributed by atoms with E-state index in [1.165, 1.54) is 63.3 Å².